The Bertz CT molecular complexity index is 230. The molecule has 0 bridgehead atoms. The van der Waals surface area contributed by atoms with Gasteiger partial charge in [0.1, 0.15) is 0 Å². The van der Waals surface area contributed by atoms with Crippen LogP contribution in [-0.4, -0.2) is 30.8 Å². The van der Waals surface area contributed by atoms with Gasteiger partial charge in [-0.1, -0.05) is 12.1 Å². The number of sulfone groups is 1. The highest BCUT2D eigenvalue weighted by Gasteiger charge is 2.10. The number of oxime groups is 1. The fourth-order valence-corrected chi connectivity index (χ4v) is 2.19. The Morgan fingerprint density at radius 2 is 2.09 bits per heavy atom. The van der Waals surface area contributed by atoms with Crippen molar-refractivity contribution in [3.8, 4) is 0 Å². The van der Waals surface area contributed by atoms with E-state index in [1.807, 2.05) is 0 Å². The predicted octanol–water partition coefficient (Wildman–Crippen LogP) is 0.661. The van der Waals surface area contributed by atoms with E-state index in [0.717, 1.165) is 0 Å². The lowest BCUT2D eigenvalue weighted by Crippen LogP contribution is -2.16. The largest absolute Gasteiger partial charge is 0.411 e. The normalized spacial score (nSPS) is 13.5. The first-order valence-electron chi connectivity index (χ1n) is 3.39. The molecule has 0 radical (unpaired) electrons. The van der Waals surface area contributed by atoms with Crippen LogP contribution in [0.2, 0.25) is 0 Å². The summed E-state index contributed by atoms with van der Waals surface area (Å²) in [6.45, 7) is 3.27. The minimum absolute atomic E-state index is 0.142. The fourth-order valence-electron chi connectivity index (χ4n) is 0.730. The predicted molar refractivity (Wildman–Crippen MR) is 43.8 cm³/mol. The van der Waals surface area contributed by atoms with Crippen LogP contribution >= 0.6 is 0 Å². The zero-order chi connectivity index (χ0) is 8.91. The van der Waals surface area contributed by atoms with Crippen LogP contribution in [0.5, 0.6) is 0 Å². The van der Waals surface area contributed by atoms with Gasteiger partial charge in [0.15, 0.2) is 9.84 Å². The van der Waals surface area contributed by atoms with Gasteiger partial charge < -0.3 is 5.21 Å². The highest BCUT2D eigenvalue weighted by atomic mass is 32.2. The van der Waals surface area contributed by atoms with Gasteiger partial charge in [-0.05, 0) is 13.3 Å². The van der Waals surface area contributed by atoms with Crippen LogP contribution in [0.1, 0.15) is 20.3 Å². The van der Waals surface area contributed by atoms with E-state index in [0.29, 0.717) is 6.42 Å². The van der Waals surface area contributed by atoms with E-state index in [1.54, 1.807) is 6.92 Å². The number of hydrogen-bond acceptors (Lipinski definition) is 4. The van der Waals surface area contributed by atoms with Gasteiger partial charge in [0.25, 0.3) is 0 Å². The van der Waals surface area contributed by atoms with Crippen LogP contribution in [0.4, 0.5) is 0 Å². The second kappa shape index (κ2) is 4.33. The summed E-state index contributed by atoms with van der Waals surface area (Å²) in [6, 6.07) is 0. The lowest BCUT2D eigenvalue weighted by molar-refractivity contribution is 0.318. The molecular formula is C6H13NO3S. The summed E-state index contributed by atoms with van der Waals surface area (Å²) in [5.74, 6) is 0.0111. The number of nitrogens with zero attached hydrogens (tertiary/aromatic N) is 1. The van der Waals surface area contributed by atoms with E-state index in [2.05, 4.69) is 5.16 Å². The molecule has 0 aromatic carbocycles. The van der Waals surface area contributed by atoms with Crippen LogP contribution in [0.25, 0.3) is 0 Å². The summed E-state index contributed by atoms with van der Waals surface area (Å²) in [4.78, 5) is 0. The first-order valence-corrected chi connectivity index (χ1v) is 5.22. The zero-order valence-corrected chi connectivity index (χ0v) is 7.56. The smallest absolute Gasteiger partial charge is 0.155 e. The number of hydrogen-bond donors (Lipinski definition) is 1. The Balaban J connectivity index is 4.14. The minimum atomic E-state index is -3.03. The Kier molecular flexibility index (Phi) is 4.10. The van der Waals surface area contributed by atoms with Gasteiger partial charge in [0.2, 0.25) is 0 Å². The van der Waals surface area contributed by atoms with Crippen LogP contribution in [-0.2, 0) is 9.84 Å². The Hall–Kier alpha value is -0.580. The molecule has 0 aromatic rings. The SMILES string of the molecule is CCCS(=O)(=O)CC(C)=NO. The van der Waals surface area contributed by atoms with Crippen molar-refractivity contribution in [3.05, 3.63) is 0 Å². The Morgan fingerprint density at radius 3 is 2.45 bits per heavy atom. The van der Waals surface area contributed by atoms with Gasteiger partial charge in [0, 0.05) is 0 Å². The molecule has 0 unspecified atom stereocenters. The van der Waals surface area contributed by atoms with Gasteiger partial charge in [-0.3, -0.25) is 0 Å². The zero-order valence-electron chi connectivity index (χ0n) is 6.74. The molecule has 0 atom stereocenters. The van der Waals surface area contributed by atoms with Crippen molar-refractivity contribution in [1.82, 2.24) is 0 Å². The van der Waals surface area contributed by atoms with Crippen molar-refractivity contribution in [2.45, 2.75) is 20.3 Å². The Labute approximate surface area is 66.8 Å². The van der Waals surface area contributed by atoms with Crippen LogP contribution < -0.4 is 0 Å². The molecule has 0 aliphatic heterocycles. The molecule has 1 N–H and O–H groups in total. The summed E-state index contributed by atoms with van der Waals surface area (Å²) in [6.07, 6.45) is 0.598. The van der Waals surface area contributed by atoms with E-state index in [1.165, 1.54) is 6.92 Å². The molecule has 5 heteroatoms. The molecule has 0 aromatic heterocycles. The summed E-state index contributed by atoms with van der Waals surface area (Å²) in [5.41, 5.74) is 0.235. The van der Waals surface area contributed by atoms with E-state index < -0.39 is 9.84 Å². The number of rotatable bonds is 4. The maximum atomic E-state index is 11.0. The molecule has 0 aliphatic carbocycles. The van der Waals surface area contributed by atoms with E-state index in [9.17, 15) is 8.42 Å². The fraction of sp³-hybridized carbons (Fsp3) is 0.833. The Morgan fingerprint density at radius 1 is 1.55 bits per heavy atom. The monoisotopic (exact) mass is 179 g/mol. The maximum absolute atomic E-state index is 11.0. The third-order valence-corrected chi connectivity index (χ3v) is 3.00. The van der Waals surface area contributed by atoms with Crippen molar-refractivity contribution >= 4 is 15.5 Å². The van der Waals surface area contributed by atoms with Crippen LogP contribution in [0.3, 0.4) is 0 Å². The molecule has 0 amide bonds. The van der Waals surface area contributed by atoms with Gasteiger partial charge in [-0.25, -0.2) is 8.42 Å². The molecule has 0 saturated carbocycles. The molecule has 0 aliphatic rings. The summed E-state index contributed by atoms with van der Waals surface area (Å²) in [5, 5.41) is 11.0. The lowest BCUT2D eigenvalue weighted by atomic mass is 10.5. The van der Waals surface area contributed by atoms with Gasteiger partial charge >= 0.3 is 0 Å². The standard InChI is InChI=1S/C6H13NO3S/c1-3-4-11(9,10)5-6(2)7-8/h8H,3-5H2,1-2H3. The molecule has 0 fully saturated rings. The van der Waals surface area contributed by atoms with Crippen molar-refractivity contribution in [1.29, 1.82) is 0 Å². The molecule has 4 nitrogen and oxygen atoms in total. The first-order chi connectivity index (χ1) is 5.02. The van der Waals surface area contributed by atoms with E-state index in [-0.39, 0.29) is 17.2 Å². The van der Waals surface area contributed by atoms with Gasteiger partial charge in [0.05, 0.1) is 17.2 Å². The van der Waals surface area contributed by atoms with Crippen LogP contribution in [0, 0.1) is 0 Å². The highest BCUT2D eigenvalue weighted by molar-refractivity contribution is 7.92. The van der Waals surface area contributed by atoms with Crippen molar-refractivity contribution in [3.63, 3.8) is 0 Å². The molecule has 0 heterocycles. The van der Waals surface area contributed by atoms with Gasteiger partial charge in [-0.15, -0.1) is 0 Å². The van der Waals surface area contributed by atoms with Gasteiger partial charge in [-0.2, -0.15) is 0 Å². The molecular weight excluding hydrogens is 166 g/mol. The van der Waals surface area contributed by atoms with Crippen molar-refractivity contribution in [2.75, 3.05) is 11.5 Å². The minimum Gasteiger partial charge on any atom is -0.411 e. The molecule has 0 rings (SSSR count). The molecule has 66 valence electrons. The first kappa shape index (κ1) is 10.4. The lowest BCUT2D eigenvalue weighted by Gasteiger charge is -1.99. The average Bonchev–Trinajstić information content (AvgIpc) is 1.86. The maximum Gasteiger partial charge on any atom is 0.155 e. The third-order valence-electron chi connectivity index (χ3n) is 1.11. The molecule has 0 saturated heterocycles. The second-order valence-corrected chi connectivity index (χ2v) is 4.61. The van der Waals surface area contributed by atoms with E-state index in [4.69, 9.17) is 5.21 Å². The molecule has 11 heavy (non-hydrogen) atoms. The topological polar surface area (TPSA) is 66.7 Å². The average molecular weight is 179 g/mol. The molecule has 0 spiro atoms. The van der Waals surface area contributed by atoms with E-state index >= 15 is 0 Å². The third kappa shape index (κ3) is 4.78. The quantitative estimate of drug-likeness (QED) is 0.391. The van der Waals surface area contributed by atoms with Crippen molar-refractivity contribution in [2.24, 2.45) is 5.16 Å². The second-order valence-electron chi connectivity index (χ2n) is 2.43. The highest BCUT2D eigenvalue weighted by Crippen LogP contribution is 1.94. The summed E-state index contributed by atoms with van der Waals surface area (Å²) >= 11 is 0. The summed E-state index contributed by atoms with van der Waals surface area (Å²) in [7, 11) is -3.03. The van der Waals surface area contributed by atoms with Crippen molar-refractivity contribution < 1.29 is 13.6 Å². The van der Waals surface area contributed by atoms with Crippen LogP contribution in [0.15, 0.2) is 5.16 Å². The summed E-state index contributed by atoms with van der Waals surface area (Å²) < 4.78 is 22.0.